The van der Waals surface area contributed by atoms with Crippen LogP contribution in [0.25, 0.3) is 11.6 Å². The molecule has 0 saturated heterocycles. The predicted octanol–water partition coefficient (Wildman–Crippen LogP) is 4.10. The van der Waals surface area contributed by atoms with Crippen LogP contribution < -0.4 is 0 Å². The fourth-order valence-corrected chi connectivity index (χ4v) is 1.79. The second kappa shape index (κ2) is 5.67. The van der Waals surface area contributed by atoms with Gasteiger partial charge in [0.15, 0.2) is 0 Å². The van der Waals surface area contributed by atoms with Gasteiger partial charge in [0.05, 0.1) is 5.57 Å². The van der Waals surface area contributed by atoms with Crippen molar-refractivity contribution in [1.82, 2.24) is 0 Å². The van der Waals surface area contributed by atoms with E-state index in [0.29, 0.717) is 10.6 Å². The molecule has 2 rings (SSSR count). The third kappa shape index (κ3) is 3.20. The van der Waals surface area contributed by atoms with E-state index in [4.69, 9.17) is 11.6 Å². The first-order valence-electron chi connectivity index (χ1n) is 5.53. The molecule has 0 atom stereocenters. The summed E-state index contributed by atoms with van der Waals surface area (Å²) in [7, 11) is 0. The van der Waals surface area contributed by atoms with Crippen LogP contribution >= 0.6 is 11.6 Å². The Hall–Kier alpha value is -2.13. The lowest BCUT2D eigenvalue weighted by Crippen LogP contribution is -2.01. The summed E-state index contributed by atoms with van der Waals surface area (Å²) in [5.41, 5.74) is 0.607. The number of rotatable bonds is 3. The highest BCUT2D eigenvalue weighted by atomic mass is 35.5. The van der Waals surface area contributed by atoms with E-state index in [-0.39, 0.29) is 11.1 Å². The van der Waals surface area contributed by atoms with Gasteiger partial charge in [-0.15, -0.1) is 0 Å². The fourth-order valence-electron chi connectivity index (χ4n) is 1.66. The third-order valence-electron chi connectivity index (χ3n) is 2.58. The normalized spacial score (nSPS) is 11.4. The first-order chi connectivity index (χ1) is 9.08. The van der Waals surface area contributed by atoms with E-state index >= 15 is 0 Å². The first-order valence-corrected chi connectivity index (χ1v) is 5.91. The van der Waals surface area contributed by atoms with Gasteiger partial charge >= 0.3 is 5.97 Å². The molecule has 0 amide bonds. The van der Waals surface area contributed by atoms with Gasteiger partial charge in [-0.2, -0.15) is 0 Å². The van der Waals surface area contributed by atoms with Crippen LogP contribution in [0.5, 0.6) is 0 Å². The highest BCUT2D eigenvalue weighted by Gasteiger charge is 2.14. The molecular formula is C15H10ClFO2. The number of hydrogen-bond acceptors (Lipinski definition) is 1. The summed E-state index contributed by atoms with van der Waals surface area (Å²) in [4.78, 5) is 11.3. The molecule has 0 aliphatic heterocycles. The molecule has 0 radical (unpaired) electrons. The Morgan fingerprint density at radius 2 is 1.74 bits per heavy atom. The molecule has 19 heavy (non-hydrogen) atoms. The summed E-state index contributed by atoms with van der Waals surface area (Å²) in [5.74, 6) is -1.75. The number of carboxylic acids is 1. The van der Waals surface area contributed by atoms with Crippen LogP contribution in [0.3, 0.4) is 0 Å². The molecule has 4 heteroatoms. The lowest BCUT2D eigenvalue weighted by Gasteiger charge is -2.04. The summed E-state index contributed by atoms with van der Waals surface area (Å²) in [6.07, 6.45) is 1.41. The standard InChI is InChI=1S/C15H10ClFO2/c16-11-7-5-10(6-8-11)9-13(15(18)19)12-3-1-2-4-14(12)17/h1-9H,(H,18,19)/b13-9+. The number of aliphatic carboxylic acids is 1. The maximum atomic E-state index is 13.6. The molecule has 2 nitrogen and oxygen atoms in total. The quantitative estimate of drug-likeness (QED) is 0.677. The van der Waals surface area contributed by atoms with Gasteiger partial charge in [-0.25, -0.2) is 9.18 Å². The second-order valence-electron chi connectivity index (χ2n) is 3.89. The maximum Gasteiger partial charge on any atom is 0.336 e. The molecule has 0 fully saturated rings. The summed E-state index contributed by atoms with van der Waals surface area (Å²) in [6.45, 7) is 0. The fraction of sp³-hybridized carbons (Fsp3) is 0. The van der Waals surface area contributed by atoms with Gasteiger partial charge in [-0.1, -0.05) is 41.9 Å². The molecule has 1 N–H and O–H groups in total. The van der Waals surface area contributed by atoms with E-state index in [9.17, 15) is 14.3 Å². The van der Waals surface area contributed by atoms with Gasteiger partial charge in [0.25, 0.3) is 0 Å². The highest BCUT2D eigenvalue weighted by Crippen LogP contribution is 2.22. The van der Waals surface area contributed by atoms with Crippen molar-refractivity contribution in [3.05, 3.63) is 70.5 Å². The van der Waals surface area contributed by atoms with Crippen molar-refractivity contribution in [2.24, 2.45) is 0 Å². The van der Waals surface area contributed by atoms with Gasteiger partial charge in [0.2, 0.25) is 0 Å². The van der Waals surface area contributed by atoms with Crippen molar-refractivity contribution in [2.75, 3.05) is 0 Å². The second-order valence-corrected chi connectivity index (χ2v) is 4.33. The van der Waals surface area contributed by atoms with E-state index in [2.05, 4.69) is 0 Å². The minimum Gasteiger partial charge on any atom is -0.478 e. The smallest absolute Gasteiger partial charge is 0.336 e. The molecule has 0 aromatic heterocycles. The zero-order chi connectivity index (χ0) is 13.8. The molecule has 0 bridgehead atoms. The molecule has 2 aromatic rings. The van der Waals surface area contributed by atoms with E-state index < -0.39 is 11.8 Å². The average molecular weight is 277 g/mol. The van der Waals surface area contributed by atoms with Crippen LogP contribution in [0.1, 0.15) is 11.1 Å². The molecule has 0 heterocycles. The number of carbonyl (C=O) groups is 1. The van der Waals surface area contributed by atoms with Crippen LogP contribution in [0.15, 0.2) is 48.5 Å². The molecule has 0 aliphatic rings. The van der Waals surface area contributed by atoms with Crippen LogP contribution in [0, 0.1) is 5.82 Å². The largest absolute Gasteiger partial charge is 0.478 e. The van der Waals surface area contributed by atoms with Crippen LogP contribution in [-0.4, -0.2) is 11.1 Å². The monoisotopic (exact) mass is 276 g/mol. The number of carboxylic acid groups (broad SMARTS) is 1. The Balaban J connectivity index is 2.50. The Morgan fingerprint density at radius 1 is 1.11 bits per heavy atom. The Morgan fingerprint density at radius 3 is 2.32 bits per heavy atom. The summed E-state index contributed by atoms with van der Waals surface area (Å²) in [6, 6.07) is 12.4. The van der Waals surface area contributed by atoms with Crippen molar-refractivity contribution in [2.45, 2.75) is 0 Å². The molecule has 0 unspecified atom stereocenters. The Kier molecular flexibility index (Phi) is 3.97. The van der Waals surface area contributed by atoms with E-state index in [0.717, 1.165) is 0 Å². The van der Waals surface area contributed by atoms with Crippen LogP contribution in [0.4, 0.5) is 4.39 Å². The van der Waals surface area contributed by atoms with Gasteiger partial charge in [0.1, 0.15) is 5.82 Å². The van der Waals surface area contributed by atoms with Gasteiger partial charge in [-0.05, 0) is 29.8 Å². The topological polar surface area (TPSA) is 37.3 Å². The number of benzene rings is 2. The van der Waals surface area contributed by atoms with E-state index in [1.165, 1.54) is 24.3 Å². The molecule has 0 spiro atoms. The predicted molar refractivity (Wildman–Crippen MR) is 73.4 cm³/mol. The van der Waals surface area contributed by atoms with Crippen molar-refractivity contribution < 1.29 is 14.3 Å². The maximum absolute atomic E-state index is 13.6. The van der Waals surface area contributed by atoms with E-state index in [1.807, 2.05) is 0 Å². The Labute approximate surface area is 114 Å². The average Bonchev–Trinajstić information content (AvgIpc) is 2.39. The summed E-state index contributed by atoms with van der Waals surface area (Å²) in [5, 5.41) is 9.76. The zero-order valence-corrected chi connectivity index (χ0v) is 10.6. The Bertz CT molecular complexity index is 633. The first kappa shape index (κ1) is 13.3. The molecular weight excluding hydrogens is 267 g/mol. The van der Waals surface area contributed by atoms with Crippen LogP contribution in [0.2, 0.25) is 5.02 Å². The number of hydrogen-bond donors (Lipinski definition) is 1. The van der Waals surface area contributed by atoms with Crippen LogP contribution in [-0.2, 0) is 4.79 Å². The number of halogens is 2. The minimum absolute atomic E-state index is 0.0601. The van der Waals surface area contributed by atoms with E-state index in [1.54, 1.807) is 30.3 Å². The molecule has 2 aromatic carbocycles. The SMILES string of the molecule is O=C(O)/C(=C/c1ccc(Cl)cc1)c1ccccc1F. The van der Waals surface area contributed by atoms with Gasteiger partial charge in [0, 0.05) is 10.6 Å². The van der Waals surface area contributed by atoms with Crippen molar-refractivity contribution in [3.63, 3.8) is 0 Å². The van der Waals surface area contributed by atoms with Gasteiger partial charge in [-0.3, -0.25) is 0 Å². The minimum atomic E-state index is -1.18. The lowest BCUT2D eigenvalue weighted by atomic mass is 10.0. The summed E-state index contributed by atoms with van der Waals surface area (Å²) < 4.78 is 13.6. The molecule has 0 aliphatic carbocycles. The van der Waals surface area contributed by atoms with Crippen molar-refractivity contribution in [3.8, 4) is 0 Å². The zero-order valence-electron chi connectivity index (χ0n) is 9.81. The lowest BCUT2D eigenvalue weighted by molar-refractivity contribution is -0.130. The molecule has 0 saturated carbocycles. The molecule has 96 valence electrons. The highest BCUT2D eigenvalue weighted by molar-refractivity contribution is 6.30. The van der Waals surface area contributed by atoms with Crippen molar-refractivity contribution >= 4 is 29.2 Å². The third-order valence-corrected chi connectivity index (χ3v) is 2.83. The van der Waals surface area contributed by atoms with Crippen molar-refractivity contribution in [1.29, 1.82) is 0 Å². The summed E-state index contributed by atoms with van der Waals surface area (Å²) >= 11 is 5.76. The van der Waals surface area contributed by atoms with Gasteiger partial charge < -0.3 is 5.11 Å².